The molecule has 1 unspecified atom stereocenters. The molecule has 0 aliphatic rings. The largest absolute Gasteiger partial charge is 0.476 e. The highest BCUT2D eigenvalue weighted by Gasteiger charge is 2.27. The Labute approximate surface area is 112 Å². The van der Waals surface area contributed by atoms with Gasteiger partial charge in [-0.25, -0.2) is 9.48 Å². The summed E-state index contributed by atoms with van der Waals surface area (Å²) in [5.74, 6) is -1.75. The molecule has 0 aliphatic carbocycles. The normalized spacial score (nSPS) is 12.3. The fourth-order valence-electron chi connectivity index (χ4n) is 1.79. The molecule has 2 rings (SSSR count). The van der Waals surface area contributed by atoms with E-state index < -0.39 is 17.9 Å². The highest BCUT2D eigenvalue weighted by molar-refractivity contribution is 7.13. The molecule has 2 aromatic heterocycles. The maximum absolute atomic E-state index is 11.4. The molecule has 0 spiro atoms. The zero-order chi connectivity index (χ0) is 14.0. The first-order chi connectivity index (χ1) is 9.06. The summed E-state index contributed by atoms with van der Waals surface area (Å²) in [6.45, 7) is 1.77. The van der Waals surface area contributed by atoms with Gasteiger partial charge in [0.05, 0.1) is 4.88 Å². The number of aromatic carboxylic acids is 1. The highest BCUT2D eigenvalue weighted by Crippen LogP contribution is 2.29. The van der Waals surface area contributed by atoms with Crippen molar-refractivity contribution in [1.29, 1.82) is 0 Å². The number of nitrogens with two attached hydrogens (primary N) is 1. The summed E-state index contributed by atoms with van der Waals surface area (Å²) in [5.41, 5.74) is 5.45. The number of carboxylic acids is 1. The fourth-order valence-corrected chi connectivity index (χ4v) is 2.56. The Morgan fingerprint density at radius 2 is 2.32 bits per heavy atom. The van der Waals surface area contributed by atoms with Crippen LogP contribution >= 0.6 is 11.3 Å². The lowest BCUT2D eigenvalue weighted by Gasteiger charge is -2.13. The van der Waals surface area contributed by atoms with Gasteiger partial charge in [0, 0.05) is 0 Å². The Morgan fingerprint density at radius 1 is 1.58 bits per heavy atom. The summed E-state index contributed by atoms with van der Waals surface area (Å²) in [4.78, 5) is 23.3. The molecule has 2 aromatic rings. The molecule has 2 heterocycles. The van der Waals surface area contributed by atoms with Crippen LogP contribution in [0.4, 0.5) is 0 Å². The summed E-state index contributed by atoms with van der Waals surface area (Å²) < 4.78 is 1.29. The van der Waals surface area contributed by atoms with Gasteiger partial charge in [-0.2, -0.15) is 0 Å². The van der Waals surface area contributed by atoms with E-state index in [9.17, 15) is 9.59 Å². The van der Waals surface area contributed by atoms with E-state index in [-0.39, 0.29) is 5.69 Å². The van der Waals surface area contributed by atoms with Crippen LogP contribution in [0.25, 0.3) is 10.6 Å². The summed E-state index contributed by atoms with van der Waals surface area (Å²) in [6, 6.07) is 2.83. The summed E-state index contributed by atoms with van der Waals surface area (Å²) in [7, 11) is 0. The number of carbonyl (C=O) groups excluding carboxylic acids is 1. The summed E-state index contributed by atoms with van der Waals surface area (Å²) >= 11 is 1.35. The molecule has 100 valence electrons. The van der Waals surface area contributed by atoms with E-state index in [1.165, 1.54) is 16.0 Å². The number of thiophene rings is 1. The molecule has 0 saturated heterocycles. The van der Waals surface area contributed by atoms with Gasteiger partial charge in [0.1, 0.15) is 11.7 Å². The number of rotatable bonds is 5. The third kappa shape index (κ3) is 2.34. The minimum atomic E-state index is -1.19. The summed E-state index contributed by atoms with van der Waals surface area (Å²) in [6.07, 6.45) is 0.413. The van der Waals surface area contributed by atoms with Crippen LogP contribution in [0.3, 0.4) is 0 Å². The zero-order valence-electron chi connectivity index (χ0n) is 10.1. The van der Waals surface area contributed by atoms with Crippen LogP contribution in [0.1, 0.15) is 29.9 Å². The van der Waals surface area contributed by atoms with Crippen molar-refractivity contribution < 1.29 is 14.7 Å². The molecule has 1 amide bonds. The van der Waals surface area contributed by atoms with Gasteiger partial charge in [-0.15, -0.1) is 16.4 Å². The van der Waals surface area contributed by atoms with Crippen molar-refractivity contribution in [2.45, 2.75) is 19.4 Å². The minimum absolute atomic E-state index is 0.179. The van der Waals surface area contributed by atoms with Gasteiger partial charge < -0.3 is 10.8 Å². The van der Waals surface area contributed by atoms with Gasteiger partial charge >= 0.3 is 5.97 Å². The molecule has 1 atom stereocenters. The number of amides is 1. The predicted molar refractivity (Wildman–Crippen MR) is 68.8 cm³/mol. The Bertz CT molecular complexity index is 605. The highest BCUT2D eigenvalue weighted by atomic mass is 32.1. The molecule has 0 fully saturated rings. The lowest BCUT2D eigenvalue weighted by Crippen LogP contribution is -2.27. The van der Waals surface area contributed by atoms with Crippen LogP contribution in [0.2, 0.25) is 0 Å². The Morgan fingerprint density at radius 3 is 2.79 bits per heavy atom. The first kappa shape index (κ1) is 13.2. The number of aromatic nitrogens is 3. The number of carbonyl (C=O) groups is 2. The standard InChI is InChI=1S/C11H12N4O3S/c1-2-6(10(12)16)15-9(7-4-3-5-19-7)8(11(17)18)13-14-15/h3-6H,2H2,1H3,(H2,12,16)(H,17,18). The van der Waals surface area contributed by atoms with Crippen molar-refractivity contribution >= 4 is 23.2 Å². The average Bonchev–Trinajstić information content (AvgIpc) is 2.96. The first-order valence-electron chi connectivity index (χ1n) is 5.58. The second kappa shape index (κ2) is 5.19. The maximum atomic E-state index is 11.4. The maximum Gasteiger partial charge on any atom is 0.358 e. The van der Waals surface area contributed by atoms with Gasteiger partial charge in [-0.1, -0.05) is 18.2 Å². The first-order valence-corrected chi connectivity index (χ1v) is 6.45. The molecule has 3 N–H and O–H groups in total. The van der Waals surface area contributed by atoms with E-state index in [0.29, 0.717) is 17.0 Å². The third-order valence-electron chi connectivity index (χ3n) is 2.66. The average molecular weight is 280 g/mol. The molecular formula is C11H12N4O3S. The number of primary amides is 1. The van der Waals surface area contributed by atoms with Gasteiger partial charge in [0.25, 0.3) is 0 Å². The van der Waals surface area contributed by atoms with Crippen LogP contribution in [-0.4, -0.2) is 32.0 Å². The van der Waals surface area contributed by atoms with Gasteiger partial charge in [0.15, 0.2) is 5.69 Å². The molecule has 0 aromatic carbocycles. The number of hydrogen-bond acceptors (Lipinski definition) is 5. The van der Waals surface area contributed by atoms with Crippen LogP contribution in [0.15, 0.2) is 17.5 Å². The lowest BCUT2D eigenvalue weighted by molar-refractivity contribution is -0.121. The van der Waals surface area contributed by atoms with Crippen molar-refractivity contribution in [1.82, 2.24) is 15.0 Å². The SMILES string of the molecule is CCC(C(N)=O)n1nnc(C(=O)O)c1-c1cccs1. The Balaban J connectivity index is 2.63. The van der Waals surface area contributed by atoms with E-state index >= 15 is 0 Å². The van der Waals surface area contributed by atoms with Crippen LogP contribution in [0.5, 0.6) is 0 Å². The molecule has 7 nitrogen and oxygen atoms in total. The fraction of sp³-hybridized carbons (Fsp3) is 0.273. The quantitative estimate of drug-likeness (QED) is 0.853. The monoisotopic (exact) mass is 280 g/mol. The lowest BCUT2D eigenvalue weighted by atomic mass is 10.2. The van der Waals surface area contributed by atoms with E-state index in [0.717, 1.165) is 0 Å². The second-order valence-electron chi connectivity index (χ2n) is 3.84. The van der Waals surface area contributed by atoms with Crippen LogP contribution in [0, 0.1) is 0 Å². The van der Waals surface area contributed by atoms with E-state index in [2.05, 4.69) is 10.3 Å². The van der Waals surface area contributed by atoms with E-state index in [1.807, 2.05) is 5.38 Å². The molecule has 0 radical (unpaired) electrons. The summed E-state index contributed by atoms with van der Waals surface area (Å²) in [5, 5.41) is 18.4. The molecule has 8 heteroatoms. The number of hydrogen-bond donors (Lipinski definition) is 2. The number of nitrogens with zero attached hydrogens (tertiary/aromatic N) is 3. The molecular weight excluding hydrogens is 268 g/mol. The predicted octanol–water partition coefficient (Wildman–Crippen LogP) is 1.14. The van der Waals surface area contributed by atoms with Gasteiger partial charge in [-0.3, -0.25) is 4.79 Å². The van der Waals surface area contributed by atoms with Crippen LogP contribution in [-0.2, 0) is 4.79 Å². The van der Waals surface area contributed by atoms with Crippen molar-refractivity contribution in [3.8, 4) is 10.6 Å². The minimum Gasteiger partial charge on any atom is -0.476 e. The molecule has 0 aliphatic heterocycles. The third-order valence-corrected chi connectivity index (χ3v) is 3.54. The Hall–Kier alpha value is -2.22. The van der Waals surface area contributed by atoms with Gasteiger partial charge in [0.2, 0.25) is 5.91 Å². The molecule has 0 saturated carbocycles. The molecule has 19 heavy (non-hydrogen) atoms. The topological polar surface area (TPSA) is 111 Å². The van der Waals surface area contributed by atoms with Gasteiger partial charge in [-0.05, 0) is 17.9 Å². The Kier molecular flexibility index (Phi) is 3.61. The van der Waals surface area contributed by atoms with Crippen molar-refractivity contribution in [3.63, 3.8) is 0 Å². The van der Waals surface area contributed by atoms with Crippen molar-refractivity contribution in [2.75, 3.05) is 0 Å². The zero-order valence-corrected chi connectivity index (χ0v) is 10.9. The van der Waals surface area contributed by atoms with Crippen molar-refractivity contribution in [2.24, 2.45) is 5.73 Å². The van der Waals surface area contributed by atoms with Crippen LogP contribution < -0.4 is 5.73 Å². The number of carboxylic acid groups (broad SMARTS) is 1. The second-order valence-corrected chi connectivity index (χ2v) is 4.79. The van der Waals surface area contributed by atoms with E-state index in [4.69, 9.17) is 10.8 Å². The van der Waals surface area contributed by atoms with E-state index in [1.54, 1.807) is 19.1 Å². The van der Waals surface area contributed by atoms with Crippen molar-refractivity contribution in [3.05, 3.63) is 23.2 Å². The smallest absolute Gasteiger partial charge is 0.358 e. The molecule has 0 bridgehead atoms.